The van der Waals surface area contributed by atoms with Crippen LogP contribution in [0.25, 0.3) is 10.9 Å². The minimum absolute atomic E-state index is 0.159. The van der Waals surface area contributed by atoms with Gasteiger partial charge in [0.05, 0.1) is 16.4 Å². The van der Waals surface area contributed by atoms with Crippen molar-refractivity contribution in [1.82, 2.24) is 19.9 Å². The second-order valence-corrected chi connectivity index (χ2v) is 6.96. The van der Waals surface area contributed by atoms with Crippen LogP contribution in [0.5, 0.6) is 5.75 Å². The molecule has 140 valence electrons. The van der Waals surface area contributed by atoms with E-state index in [0.29, 0.717) is 30.2 Å². The van der Waals surface area contributed by atoms with Gasteiger partial charge in [-0.2, -0.15) is 0 Å². The van der Waals surface area contributed by atoms with E-state index in [0.717, 1.165) is 22.3 Å². The maximum absolute atomic E-state index is 10.8. The normalized spacial score (nSPS) is 11.2. The minimum Gasteiger partial charge on any atom is -0.505 e. The molecule has 0 bridgehead atoms. The van der Waals surface area contributed by atoms with Crippen molar-refractivity contribution in [3.05, 3.63) is 95.2 Å². The summed E-state index contributed by atoms with van der Waals surface area (Å²) in [6.07, 6.45) is 5.22. The Morgan fingerprint density at radius 1 is 0.786 bits per heavy atom. The number of nitrogens with zero attached hydrogens (tertiary/aromatic N) is 4. The standard InChI is InChI=1S/C22H19ClN4O/c23-20-12-16(22(28)21-19(20)8-5-11-26-21)13-27(14-17-6-1-3-9-24-17)15-18-7-2-4-10-25-18/h1-12,28H,13-15H2. The molecule has 0 radical (unpaired) electrons. The SMILES string of the molecule is Oc1c(CN(Cc2ccccn2)Cc2ccccn2)cc(Cl)c2cccnc12. The Kier molecular flexibility index (Phi) is 5.46. The fourth-order valence-corrected chi connectivity index (χ4v) is 3.49. The lowest BCUT2D eigenvalue weighted by molar-refractivity contribution is 0.239. The zero-order valence-electron chi connectivity index (χ0n) is 15.2. The van der Waals surface area contributed by atoms with Crippen LogP contribution >= 0.6 is 11.6 Å². The summed E-state index contributed by atoms with van der Waals surface area (Å²) in [5.74, 6) is 0.159. The molecule has 4 rings (SSSR count). The Labute approximate surface area is 168 Å². The number of halogens is 1. The highest BCUT2D eigenvalue weighted by Gasteiger charge is 2.16. The van der Waals surface area contributed by atoms with Crippen LogP contribution in [0.2, 0.25) is 5.02 Å². The molecular weight excluding hydrogens is 372 g/mol. The van der Waals surface area contributed by atoms with E-state index in [1.54, 1.807) is 18.6 Å². The van der Waals surface area contributed by atoms with Crippen molar-refractivity contribution in [1.29, 1.82) is 0 Å². The molecule has 6 heteroatoms. The van der Waals surface area contributed by atoms with E-state index in [1.807, 2.05) is 54.6 Å². The first-order valence-corrected chi connectivity index (χ1v) is 9.36. The Balaban J connectivity index is 1.67. The van der Waals surface area contributed by atoms with Gasteiger partial charge in [-0.25, -0.2) is 0 Å². The Hall–Kier alpha value is -3.02. The van der Waals surface area contributed by atoms with Crippen molar-refractivity contribution in [2.75, 3.05) is 0 Å². The largest absolute Gasteiger partial charge is 0.505 e. The zero-order chi connectivity index (χ0) is 19.3. The number of phenolic OH excluding ortho intramolecular Hbond substituents is 1. The summed E-state index contributed by atoms with van der Waals surface area (Å²) in [5, 5.41) is 12.1. The maximum Gasteiger partial charge on any atom is 0.146 e. The van der Waals surface area contributed by atoms with Gasteiger partial charge in [0.15, 0.2) is 0 Å². The summed E-state index contributed by atoms with van der Waals surface area (Å²) in [6, 6.07) is 17.2. The van der Waals surface area contributed by atoms with Gasteiger partial charge in [0.2, 0.25) is 0 Å². The van der Waals surface area contributed by atoms with Crippen molar-refractivity contribution < 1.29 is 5.11 Å². The summed E-state index contributed by atoms with van der Waals surface area (Å²) in [6.45, 7) is 1.73. The van der Waals surface area contributed by atoms with Crippen molar-refractivity contribution in [3.63, 3.8) is 0 Å². The molecule has 0 aliphatic rings. The number of aromatic nitrogens is 3. The summed E-state index contributed by atoms with van der Waals surface area (Å²) in [4.78, 5) is 15.3. The molecule has 0 saturated heterocycles. The zero-order valence-corrected chi connectivity index (χ0v) is 15.9. The number of pyridine rings is 3. The molecule has 0 saturated carbocycles. The van der Waals surface area contributed by atoms with E-state index >= 15 is 0 Å². The molecule has 0 atom stereocenters. The molecule has 0 fully saturated rings. The van der Waals surface area contributed by atoms with Gasteiger partial charge in [-0.3, -0.25) is 19.9 Å². The maximum atomic E-state index is 10.8. The van der Waals surface area contributed by atoms with Crippen molar-refractivity contribution in [2.24, 2.45) is 0 Å². The van der Waals surface area contributed by atoms with Gasteiger partial charge >= 0.3 is 0 Å². The Morgan fingerprint density at radius 2 is 1.43 bits per heavy atom. The molecule has 0 spiro atoms. The smallest absolute Gasteiger partial charge is 0.146 e. The average Bonchev–Trinajstić information content (AvgIpc) is 2.73. The molecule has 1 aromatic carbocycles. The van der Waals surface area contributed by atoms with Crippen molar-refractivity contribution >= 4 is 22.5 Å². The summed E-state index contributed by atoms with van der Waals surface area (Å²) in [5.41, 5.74) is 3.13. The molecule has 0 aliphatic carbocycles. The van der Waals surface area contributed by atoms with E-state index in [1.165, 1.54) is 0 Å². The second kappa shape index (κ2) is 8.33. The number of rotatable bonds is 6. The van der Waals surface area contributed by atoms with E-state index in [9.17, 15) is 5.11 Å². The van der Waals surface area contributed by atoms with Gasteiger partial charge in [0.25, 0.3) is 0 Å². The number of phenols is 1. The van der Waals surface area contributed by atoms with E-state index in [-0.39, 0.29) is 5.75 Å². The molecule has 0 unspecified atom stereocenters. The first kappa shape index (κ1) is 18.3. The topological polar surface area (TPSA) is 62.1 Å². The Morgan fingerprint density at radius 3 is 2.04 bits per heavy atom. The highest BCUT2D eigenvalue weighted by molar-refractivity contribution is 6.35. The number of benzene rings is 1. The molecule has 28 heavy (non-hydrogen) atoms. The van der Waals surface area contributed by atoms with Gasteiger partial charge in [-0.05, 0) is 42.5 Å². The van der Waals surface area contributed by atoms with Crippen molar-refractivity contribution in [2.45, 2.75) is 19.6 Å². The minimum atomic E-state index is 0.159. The molecular formula is C22H19ClN4O. The van der Waals surface area contributed by atoms with E-state index in [2.05, 4.69) is 19.9 Å². The van der Waals surface area contributed by atoms with Gasteiger partial charge in [0, 0.05) is 49.2 Å². The summed E-state index contributed by atoms with van der Waals surface area (Å²) in [7, 11) is 0. The predicted octanol–water partition coefficient (Wildman–Crippen LogP) is 4.59. The lowest BCUT2D eigenvalue weighted by Crippen LogP contribution is -2.23. The molecule has 1 N–H and O–H groups in total. The third-order valence-corrected chi connectivity index (χ3v) is 4.82. The fraction of sp³-hybridized carbons (Fsp3) is 0.136. The third kappa shape index (κ3) is 4.11. The number of hydrogen-bond donors (Lipinski definition) is 1. The molecule has 3 heterocycles. The van der Waals surface area contributed by atoms with Crippen LogP contribution in [0.3, 0.4) is 0 Å². The molecule has 5 nitrogen and oxygen atoms in total. The first-order valence-electron chi connectivity index (χ1n) is 8.98. The van der Waals surface area contributed by atoms with Crippen LogP contribution in [0.1, 0.15) is 17.0 Å². The predicted molar refractivity (Wildman–Crippen MR) is 110 cm³/mol. The summed E-state index contributed by atoms with van der Waals surface area (Å²) >= 11 is 6.44. The van der Waals surface area contributed by atoms with Gasteiger partial charge < -0.3 is 5.11 Å². The number of hydrogen-bond acceptors (Lipinski definition) is 5. The van der Waals surface area contributed by atoms with Crippen LogP contribution in [0.15, 0.2) is 73.2 Å². The molecule has 0 amide bonds. The Bertz CT molecular complexity index is 1030. The van der Waals surface area contributed by atoms with Crippen LogP contribution < -0.4 is 0 Å². The average molecular weight is 391 g/mol. The highest BCUT2D eigenvalue weighted by atomic mass is 35.5. The van der Waals surface area contributed by atoms with Gasteiger partial charge in [0.1, 0.15) is 11.3 Å². The quantitative estimate of drug-likeness (QED) is 0.522. The third-order valence-electron chi connectivity index (χ3n) is 4.51. The van der Waals surface area contributed by atoms with E-state index < -0.39 is 0 Å². The molecule has 0 aliphatic heterocycles. The molecule has 3 aromatic heterocycles. The van der Waals surface area contributed by atoms with Gasteiger partial charge in [-0.1, -0.05) is 23.7 Å². The fourth-order valence-electron chi connectivity index (χ4n) is 3.21. The van der Waals surface area contributed by atoms with Crippen molar-refractivity contribution in [3.8, 4) is 5.75 Å². The molecule has 4 aromatic rings. The number of aromatic hydroxyl groups is 1. The first-order chi connectivity index (χ1) is 13.7. The summed E-state index contributed by atoms with van der Waals surface area (Å²) < 4.78 is 0. The monoisotopic (exact) mass is 390 g/mol. The van der Waals surface area contributed by atoms with Crippen LogP contribution in [-0.2, 0) is 19.6 Å². The van der Waals surface area contributed by atoms with Crippen LogP contribution in [0.4, 0.5) is 0 Å². The lowest BCUT2D eigenvalue weighted by Gasteiger charge is -2.22. The highest BCUT2D eigenvalue weighted by Crippen LogP contribution is 2.33. The van der Waals surface area contributed by atoms with Crippen LogP contribution in [0, 0.1) is 0 Å². The second-order valence-electron chi connectivity index (χ2n) is 6.55. The lowest BCUT2D eigenvalue weighted by atomic mass is 10.1. The number of fused-ring (bicyclic) bond motifs is 1. The van der Waals surface area contributed by atoms with Gasteiger partial charge in [-0.15, -0.1) is 0 Å². The van der Waals surface area contributed by atoms with Crippen LogP contribution in [-0.4, -0.2) is 25.0 Å². The van der Waals surface area contributed by atoms with E-state index in [4.69, 9.17) is 11.6 Å².